The number of aliphatic hydroxyl groups is 1. The topological polar surface area (TPSA) is 29.5 Å². The Labute approximate surface area is 67.0 Å². The van der Waals surface area contributed by atoms with Gasteiger partial charge in [0.2, 0.25) is 0 Å². The minimum Gasteiger partial charge on any atom is -0.390 e. The SMILES string of the molecule is CC(C)(S)C1COCC1O. The summed E-state index contributed by atoms with van der Waals surface area (Å²) in [6.45, 7) is 5.10. The van der Waals surface area contributed by atoms with Crippen molar-refractivity contribution in [2.45, 2.75) is 24.7 Å². The van der Waals surface area contributed by atoms with Crippen LogP contribution in [0.5, 0.6) is 0 Å². The highest BCUT2D eigenvalue weighted by atomic mass is 32.1. The Morgan fingerprint density at radius 1 is 1.50 bits per heavy atom. The lowest BCUT2D eigenvalue weighted by Gasteiger charge is -2.26. The Balaban J connectivity index is 2.55. The summed E-state index contributed by atoms with van der Waals surface area (Å²) >= 11 is 4.37. The first kappa shape index (κ1) is 8.37. The largest absolute Gasteiger partial charge is 0.390 e. The highest BCUT2D eigenvalue weighted by Gasteiger charge is 2.36. The molecular formula is C7H14O2S. The molecule has 0 radical (unpaired) electrons. The fraction of sp³-hybridized carbons (Fsp3) is 1.00. The van der Waals surface area contributed by atoms with Gasteiger partial charge >= 0.3 is 0 Å². The summed E-state index contributed by atoms with van der Waals surface area (Å²) in [7, 11) is 0. The van der Waals surface area contributed by atoms with Crippen molar-refractivity contribution in [3.63, 3.8) is 0 Å². The van der Waals surface area contributed by atoms with Crippen molar-refractivity contribution in [2.75, 3.05) is 13.2 Å². The van der Waals surface area contributed by atoms with Crippen LogP contribution in [0, 0.1) is 5.92 Å². The van der Waals surface area contributed by atoms with Gasteiger partial charge in [0, 0.05) is 10.7 Å². The molecule has 0 aromatic carbocycles. The first-order valence-corrected chi connectivity index (χ1v) is 3.94. The fourth-order valence-electron chi connectivity index (χ4n) is 1.22. The van der Waals surface area contributed by atoms with Gasteiger partial charge in [0.15, 0.2) is 0 Å². The molecule has 3 heteroatoms. The van der Waals surface area contributed by atoms with Crippen LogP contribution in [0.1, 0.15) is 13.8 Å². The highest BCUT2D eigenvalue weighted by molar-refractivity contribution is 7.81. The number of hydrogen-bond acceptors (Lipinski definition) is 3. The lowest BCUT2D eigenvalue weighted by atomic mass is 9.92. The molecule has 2 nitrogen and oxygen atoms in total. The van der Waals surface area contributed by atoms with E-state index in [2.05, 4.69) is 12.6 Å². The smallest absolute Gasteiger partial charge is 0.0836 e. The molecule has 2 atom stereocenters. The Morgan fingerprint density at radius 2 is 2.10 bits per heavy atom. The summed E-state index contributed by atoms with van der Waals surface area (Å²) in [5, 5.41) is 9.35. The van der Waals surface area contributed by atoms with E-state index in [9.17, 15) is 5.11 Å². The molecule has 0 saturated carbocycles. The summed E-state index contributed by atoms with van der Waals surface area (Å²) in [4.78, 5) is 0. The molecule has 1 heterocycles. The second-order valence-corrected chi connectivity index (χ2v) is 4.52. The molecule has 0 amide bonds. The van der Waals surface area contributed by atoms with Gasteiger partial charge in [-0.3, -0.25) is 0 Å². The molecule has 60 valence electrons. The Kier molecular flexibility index (Phi) is 2.28. The third-order valence-corrected chi connectivity index (χ3v) is 2.29. The van der Waals surface area contributed by atoms with Gasteiger partial charge in [-0.1, -0.05) is 13.8 Å². The maximum atomic E-state index is 9.35. The van der Waals surface area contributed by atoms with Crippen molar-refractivity contribution in [1.82, 2.24) is 0 Å². The van der Waals surface area contributed by atoms with Crippen molar-refractivity contribution in [3.8, 4) is 0 Å². The number of hydrogen-bond donors (Lipinski definition) is 2. The van der Waals surface area contributed by atoms with Crippen LogP contribution in [0.2, 0.25) is 0 Å². The second kappa shape index (κ2) is 2.72. The monoisotopic (exact) mass is 162 g/mol. The van der Waals surface area contributed by atoms with Gasteiger partial charge in [-0.15, -0.1) is 0 Å². The lowest BCUT2D eigenvalue weighted by molar-refractivity contribution is 0.113. The third-order valence-electron chi connectivity index (χ3n) is 1.96. The molecular weight excluding hydrogens is 148 g/mol. The normalized spacial score (nSPS) is 34.8. The van der Waals surface area contributed by atoms with Crippen molar-refractivity contribution < 1.29 is 9.84 Å². The van der Waals surface area contributed by atoms with E-state index in [0.29, 0.717) is 13.2 Å². The van der Waals surface area contributed by atoms with Gasteiger partial charge in [-0.2, -0.15) is 12.6 Å². The van der Waals surface area contributed by atoms with Crippen molar-refractivity contribution in [1.29, 1.82) is 0 Å². The fourth-order valence-corrected chi connectivity index (χ4v) is 1.46. The minimum absolute atomic E-state index is 0.129. The molecule has 1 fully saturated rings. The second-order valence-electron chi connectivity index (χ2n) is 3.36. The maximum absolute atomic E-state index is 9.35. The molecule has 0 spiro atoms. The maximum Gasteiger partial charge on any atom is 0.0836 e. The zero-order chi connectivity index (χ0) is 7.78. The summed E-state index contributed by atoms with van der Waals surface area (Å²) in [5.74, 6) is 0.177. The summed E-state index contributed by atoms with van der Waals surface area (Å²) in [6, 6.07) is 0. The molecule has 0 aromatic rings. The van der Waals surface area contributed by atoms with Gasteiger partial charge in [0.05, 0.1) is 19.3 Å². The van der Waals surface area contributed by atoms with E-state index < -0.39 is 0 Å². The van der Waals surface area contributed by atoms with Gasteiger partial charge in [-0.05, 0) is 0 Å². The van der Waals surface area contributed by atoms with Gasteiger partial charge < -0.3 is 9.84 Å². The quantitative estimate of drug-likeness (QED) is 0.556. The van der Waals surface area contributed by atoms with E-state index in [-0.39, 0.29) is 16.8 Å². The molecule has 1 aliphatic heterocycles. The number of ether oxygens (including phenoxy) is 1. The van der Waals surface area contributed by atoms with E-state index in [1.165, 1.54) is 0 Å². The Hall–Kier alpha value is 0.270. The van der Waals surface area contributed by atoms with Crippen LogP contribution in [-0.2, 0) is 4.74 Å². The predicted molar refractivity (Wildman–Crippen MR) is 43.4 cm³/mol. The minimum atomic E-state index is -0.326. The van der Waals surface area contributed by atoms with E-state index in [4.69, 9.17) is 4.74 Å². The molecule has 1 rings (SSSR count). The molecule has 2 unspecified atom stereocenters. The van der Waals surface area contributed by atoms with Crippen molar-refractivity contribution >= 4 is 12.6 Å². The standard InChI is InChI=1S/C7H14O2S/c1-7(2,10)5-3-9-4-6(5)8/h5-6,8,10H,3-4H2,1-2H3. The van der Waals surface area contributed by atoms with Gasteiger partial charge in [0.1, 0.15) is 0 Å². The van der Waals surface area contributed by atoms with Crippen LogP contribution in [0.15, 0.2) is 0 Å². The van der Waals surface area contributed by atoms with Gasteiger partial charge in [0.25, 0.3) is 0 Å². The van der Waals surface area contributed by atoms with E-state index in [0.717, 1.165) is 0 Å². The number of thiol groups is 1. The average Bonchev–Trinajstić information content (AvgIpc) is 2.11. The Morgan fingerprint density at radius 3 is 2.30 bits per heavy atom. The predicted octanol–water partition coefficient (Wildman–Crippen LogP) is 0.702. The lowest BCUT2D eigenvalue weighted by Crippen LogP contribution is -2.33. The summed E-state index contributed by atoms with van der Waals surface area (Å²) in [6.07, 6.45) is -0.326. The van der Waals surface area contributed by atoms with Crippen LogP contribution in [-0.4, -0.2) is 29.2 Å². The molecule has 0 aliphatic carbocycles. The van der Waals surface area contributed by atoms with Crippen LogP contribution in [0.25, 0.3) is 0 Å². The van der Waals surface area contributed by atoms with Crippen LogP contribution in [0.4, 0.5) is 0 Å². The number of aliphatic hydroxyl groups excluding tert-OH is 1. The molecule has 10 heavy (non-hydrogen) atoms. The molecule has 0 aromatic heterocycles. The van der Waals surface area contributed by atoms with Gasteiger partial charge in [-0.25, -0.2) is 0 Å². The summed E-state index contributed by atoms with van der Waals surface area (Å²) < 4.78 is 4.97. The van der Waals surface area contributed by atoms with Crippen LogP contribution >= 0.6 is 12.6 Å². The third kappa shape index (κ3) is 1.65. The zero-order valence-corrected chi connectivity index (χ0v) is 7.27. The van der Waals surface area contributed by atoms with E-state index >= 15 is 0 Å². The van der Waals surface area contributed by atoms with E-state index in [1.807, 2.05) is 13.8 Å². The highest BCUT2D eigenvalue weighted by Crippen LogP contribution is 2.30. The van der Waals surface area contributed by atoms with Crippen LogP contribution < -0.4 is 0 Å². The van der Waals surface area contributed by atoms with Crippen molar-refractivity contribution in [2.24, 2.45) is 5.92 Å². The average molecular weight is 162 g/mol. The first-order chi connectivity index (χ1) is 4.52. The first-order valence-electron chi connectivity index (χ1n) is 3.50. The summed E-state index contributed by atoms with van der Waals surface area (Å²) in [5.41, 5.74) is 0. The molecule has 1 N–H and O–H groups in total. The molecule has 0 bridgehead atoms. The molecule has 1 aliphatic rings. The zero-order valence-electron chi connectivity index (χ0n) is 6.37. The molecule has 1 saturated heterocycles. The van der Waals surface area contributed by atoms with Crippen molar-refractivity contribution in [3.05, 3.63) is 0 Å². The number of rotatable bonds is 1. The van der Waals surface area contributed by atoms with E-state index in [1.54, 1.807) is 0 Å². The van der Waals surface area contributed by atoms with Crippen LogP contribution in [0.3, 0.4) is 0 Å². The Bertz CT molecular complexity index is 119.